The van der Waals surface area contributed by atoms with Crippen LogP contribution in [0.15, 0.2) is 35.5 Å². The summed E-state index contributed by atoms with van der Waals surface area (Å²) in [5, 5.41) is 15.2. The number of oxime groups is 1. The van der Waals surface area contributed by atoms with Crippen LogP contribution in [0.25, 0.3) is 0 Å². The van der Waals surface area contributed by atoms with E-state index in [-0.39, 0.29) is 17.9 Å². The first-order chi connectivity index (χ1) is 9.15. The lowest BCUT2D eigenvalue weighted by atomic mass is 9.98. The first-order valence-electron chi connectivity index (χ1n) is 6.49. The van der Waals surface area contributed by atoms with Gasteiger partial charge in [-0.1, -0.05) is 35.5 Å². The van der Waals surface area contributed by atoms with Gasteiger partial charge < -0.3 is 21.0 Å². The molecule has 0 aromatic heterocycles. The molecule has 0 aliphatic rings. The van der Waals surface area contributed by atoms with Gasteiger partial charge in [0.05, 0.1) is 18.6 Å². The van der Waals surface area contributed by atoms with E-state index in [0.29, 0.717) is 13.2 Å². The van der Waals surface area contributed by atoms with Gasteiger partial charge in [0.25, 0.3) is 0 Å². The highest BCUT2D eigenvalue weighted by Gasteiger charge is 2.15. The van der Waals surface area contributed by atoms with Gasteiger partial charge in [0.2, 0.25) is 0 Å². The zero-order chi connectivity index (χ0) is 14.1. The zero-order valence-electron chi connectivity index (χ0n) is 11.5. The van der Waals surface area contributed by atoms with Crippen LogP contribution >= 0.6 is 0 Å². The molecular formula is C14H23N3O2. The van der Waals surface area contributed by atoms with Gasteiger partial charge in [-0.25, -0.2) is 0 Å². The molecule has 1 rings (SSSR count). The summed E-state index contributed by atoms with van der Waals surface area (Å²) in [6, 6.07) is 9.75. The third-order valence-corrected chi connectivity index (χ3v) is 2.75. The molecule has 0 radical (unpaired) electrons. The van der Waals surface area contributed by atoms with Crippen LogP contribution in [0.1, 0.15) is 25.3 Å². The van der Waals surface area contributed by atoms with Gasteiger partial charge >= 0.3 is 0 Å². The van der Waals surface area contributed by atoms with Crippen molar-refractivity contribution in [2.24, 2.45) is 10.9 Å². The molecule has 5 heteroatoms. The van der Waals surface area contributed by atoms with Crippen LogP contribution in [0.4, 0.5) is 0 Å². The van der Waals surface area contributed by atoms with Crippen LogP contribution in [-0.2, 0) is 4.74 Å². The van der Waals surface area contributed by atoms with Crippen molar-refractivity contribution in [1.82, 2.24) is 5.32 Å². The standard InChI is InChI=1S/C14H23N3O2/c1-11(2)19-9-8-16-10-13(14(15)17-18)12-6-4-3-5-7-12/h3-7,11,13,16,18H,8-10H2,1-2H3,(H2,15,17). The van der Waals surface area contributed by atoms with Gasteiger partial charge in [0.1, 0.15) is 5.84 Å². The van der Waals surface area contributed by atoms with Crippen LogP contribution in [0.3, 0.4) is 0 Å². The van der Waals surface area contributed by atoms with Gasteiger partial charge in [-0.2, -0.15) is 0 Å². The Balaban J connectivity index is 2.48. The summed E-state index contributed by atoms with van der Waals surface area (Å²) in [6.07, 6.45) is 0.232. The van der Waals surface area contributed by atoms with Gasteiger partial charge in [-0.15, -0.1) is 0 Å². The lowest BCUT2D eigenvalue weighted by Crippen LogP contribution is -2.33. The summed E-state index contributed by atoms with van der Waals surface area (Å²) >= 11 is 0. The fourth-order valence-corrected chi connectivity index (χ4v) is 1.76. The number of nitrogens with two attached hydrogens (primary N) is 1. The number of nitrogens with one attached hydrogen (secondary N) is 1. The van der Waals surface area contributed by atoms with E-state index < -0.39 is 0 Å². The second-order valence-electron chi connectivity index (χ2n) is 4.61. The second kappa shape index (κ2) is 8.50. The van der Waals surface area contributed by atoms with E-state index in [1.165, 1.54) is 0 Å². The fraction of sp³-hybridized carbons (Fsp3) is 0.500. The van der Waals surface area contributed by atoms with E-state index in [1.807, 2.05) is 44.2 Å². The Hall–Kier alpha value is -1.59. The van der Waals surface area contributed by atoms with Crippen molar-refractivity contribution in [3.8, 4) is 0 Å². The molecule has 0 aliphatic carbocycles. The number of hydrogen-bond acceptors (Lipinski definition) is 4. The number of hydrogen-bond donors (Lipinski definition) is 3. The molecule has 0 amide bonds. The van der Waals surface area contributed by atoms with E-state index in [4.69, 9.17) is 15.7 Å². The van der Waals surface area contributed by atoms with E-state index in [1.54, 1.807) is 0 Å². The normalized spacial score (nSPS) is 13.7. The Morgan fingerprint density at radius 1 is 1.37 bits per heavy atom. The van der Waals surface area contributed by atoms with Crippen molar-refractivity contribution < 1.29 is 9.94 Å². The molecule has 0 saturated carbocycles. The number of amidine groups is 1. The summed E-state index contributed by atoms with van der Waals surface area (Å²) in [7, 11) is 0. The lowest BCUT2D eigenvalue weighted by molar-refractivity contribution is 0.0809. The van der Waals surface area contributed by atoms with Crippen LogP contribution in [0, 0.1) is 0 Å². The minimum atomic E-state index is -0.134. The van der Waals surface area contributed by atoms with E-state index in [2.05, 4.69) is 10.5 Å². The molecular weight excluding hydrogens is 242 g/mol. The molecule has 0 bridgehead atoms. The predicted molar refractivity (Wildman–Crippen MR) is 76.5 cm³/mol. The molecule has 106 valence electrons. The third-order valence-electron chi connectivity index (χ3n) is 2.75. The average Bonchev–Trinajstić information content (AvgIpc) is 2.42. The first-order valence-corrected chi connectivity index (χ1v) is 6.49. The summed E-state index contributed by atoms with van der Waals surface area (Å²) < 4.78 is 5.44. The minimum Gasteiger partial charge on any atom is -0.409 e. The maximum atomic E-state index is 8.85. The number of benzene rings is 1. The molecule has 1 atom stereocenters. The third kappa shape index (κ3) is 5.72. The zero-order valence-corrected chi connectivity index (χ0v) is 11.5. The lowest BCUT2D eigenvalue weighted by Gasteiger charge is -2.17. The van der Waals surface area contributed by atoms with Gasteiger partial charge in [0.15, 0.2) is 0 Å². The molecule has 1 aromatic rings. The average molecular weight is 265 g/mol. The van der Waals surface area contributed by atoms with Gasteiger partial charge in [-0.05, 0) is 19.4 Å². The Morgan fingerprint density at radius 2 is 2.05 bits per heavy atom. The highest BCUT2D eigenvalue weighted by atomic mass is 16.5. The Kier molecular flexibility index (Phi) is 6.92. The van der Waals surface area contributed by atoms with Crippen LogP contribution in [0.2, 0.25) is 0 Å². The largest absolute Gasteiger partial charge is 0.409 e. The van der Waals surface area contributed by atoms with Crippen molar-refractivity contribution in [3.63, 3.8) is 0 Å². The summed E-state index contributed by atoms with van der Waals surface area (Å²) in [4.78, 5) is 0. The Bertz CT molecular complexity index is 380. The Labute approximate surface area is 114 Å². The molecule has 0 saturated heterocycles. The van der Waals surface area contributed by atoms with E-state index >= 15 is 0 Å². The maximum Gasteiger partial charge on any atom is 0.147 e. The first kappa shape index (κ1) is 15.5. The van der Waals surface area contributed by atoms with Gasteiger partial charge in [0, 0.05) is 13.1 Å². The van der Waals surface area contributed by atoms with Crippen molar-refractivity contribution in [2.75, 3.05) is 19.7 Å². The summed E-state index contributed by atoms with van der Waals surface area (Å²) in [6.45, 7) is 6.00. The van der Waals surface area contributed by atoms with Crippen LogP contribution in [-0.4, -0.2) is 36.8 Å². The highest BCUT2D eigenvalue weighted by molar-refractivity contribution is 5.87. The summed E-state index contributed by atoms with van der Waals surface area (Å²) in [5.74, 6) is 0.0775. The van der Waals surface area contributed by atoms with Gasteiger partial charge in [-0.3, -0.25) is 0 Å². The number of ether oxygens (including phenoxy) is 1. The van der Waals surface area contributed by atoms with Crippen molar-refractivity contribution in [2.45, 2.75) is 25.9 Å². The van der Waals surface area contributed by atoms with Crippen LogP contribution in [0.5, 0.6) is 0 Å². The molecule has 4 N–H and O–H groups in total. The van der Waals surface area contributed by atoms with Crippen molar-refractivity contribution >= 4 is 5.84 Å². The van der Waals surface area contributed by atoms with Crippen molar-refractivity contribution in [1.29, 1.82) is 0 Å². The van der Waals surface area contributed by atoms with E-state index in [9.17, 15) is 0 Å². The summed E-state index contributed by atoms with van der Waals surface area (Å²) in [5.41, 5.74) is 6.76. The Morgan fingerprint density at radius 3 is 2.63 bits per heavy atom. The second-order valence-corrected chi connectivity index (χ2v) is 4.61. The van der Waals surface area contributed by atoms with E-state index in [0.717, 1.165) is 12.1 Å². The minimum absolute atomic E-state index is 0.134. The number of rotatable bonds is 8. The number of nitrogens with zero attached hydrogens (tertiary/aromatic N) is 1. The molecule has 1 unspecified atom stereocenters. The van der Waals surface area contributed by atoms with Crippen molar-refractivity contribution in [3.05, 3.63) is 35.9 Å². The van der Waals surface area contributed by atoms with Crippen LogP contribution < -0.4 is 11.1 Å². The predicted octanol–water partition coefficient (Wildman–Crippen LogP) is 1.53. The quantitative estimate of drug-likeness (QED) is 0.219. The monoisotopic (exact) mass is 265 g/mol. The molecule has 0 spiro atoms. The molecule has 0 fully saturated rings. The maximum absolute atomic E-state index is 8.85. The molecule has 0 aliphatic heterocycles. The molecule has 5 nitrogen and oxygen atoms in total. The topological polar surface area (TPSA) is 79.9 Å². The smallest absolute Gasteiger partial charge is 0.147 e. The SMILES string of the molecule is CC(C)OCCNCC(/C(N)=N/O)c1ccccc1. The highest BCUT2D eigenvalue weighted by Crippen LogP contribution is 2.14. The fourth-order valence-electron chi connectivity index (χ4n) is 1.76. The molecule has 1 aromatic carbocycles. The molecule has 19 heavy (non-hydrogen) atoms. The molecule has 0 heterocycles.